The van der Waals surface area contributed by atoms with Gasteiger partial charge in [-0.05, 0) is 41.5 Å². The van der Waals surface area contributed by atoms with Crippen LogP contribution in [0.25, 0.3) is 0 Å². The zero-order valence-electron chi connectivity index (χ0n) is 12.3. The Balaban J connectivity index is 1.68. The highest BCUT2D eigenvalue weighted by Crippen LogP contribution is 2.30. The van der Waals surface area contributed by atoms with Gasteiger partial charge in [0.1, 0.15) is 0 Å². The molecule has 3 heterocycles. The Hall–Kier alpha value is -3.70. The molecule has 1 atom stereocenters. The third-order valence-corrected chi connectivity index (χ3v) is 3.40. The maximum Gasteiger partial charge on any atom is 0.310 e. The first kappa shape index (κ1) is 13.9. The summed E-state index contributed by atoms with van der Waals surface area (Å²) in [5.41, 5.74) is 6.36. The normalized spacial score (nSPS) is 21.4. The zero-order chi connectivity index (χ0) is 16.6. The molecule has 1 aromatic heterocycles. The highest BCUT2D eigenvalue weighted by molar-refractivity contribution is 6.03. The highest BCUT2D eigenvalue weighted by Gasteiger charge is 2.45. The molecule has 116 valence electrons. The van der Waals surface area contributed by atoms with E-state index < -0.39 is 4.76 Å². The molecule has 0 saturated heterocycles. The lowest BCUT2D eigenvalue weighted by Crippen LogP contribution is -2.44. The van der Waals surface area contributed by atoms with E-state index in [2.05, 4.69) is 21.2 Å². The fourth-order valence-corrected chi connectivity index (χ4v) is 2.30. The Labute approximate surface area is 136 Å². The maximum atomic E-state index is 8.86. The molecule has 2 aromatic rings. The van der Waals surface area contributed by atoms with Crippen LogP contribution in [0.5, 0.6) is 5.75 Å². The van der Waals surface area contributed by atoms with Gasteiger partial charge >= 0.3 is 5.82 Å². The van der Waals surface area contributed by atoms with E-state index in [1.165, 1.54) is 6.34 Å². The molecule has 8 heteroatoms. The summed E-state index contributed by atoms with van der Waals surface area (Å²) in [5.74, 6) is 2.18. The Bertz CT molecular complexity index is 947. The monoisotopic (exact) mass is 319 g/mol. The van der Waals surface area contributed by atoms with Gasteiger partial charge in [0.2, 0.25) is 5.84 Å². The molecule has 0 aliphatic carbocycles. The Morgan fingerprint density at radius 1 is 1.21 bits per heavy atom. The summed E-state index contributed by atoms with van der Waals surface area (Å²) in [5, 5.41) is 13.1. The van der Waals surface area contributed by atoms with Gasteiger partial charge in [0.25, 0.3) is 6.34 Å². The number of hydroxylamine groups is 2. The molecule has 2 aliphatic rings. The van der Waals surface area contributed by atoms with Crippen molar-refractivity contribution in [3.05, 3.63) is 65.9 Å². The summed E-state index contributed by atoms with van der Waals surface area (Å²) >= 11 is 0. The van der Waals surface area contributed by atoms with E-state index in [1.54, 1.807) is 48.7 Å². The van der Waals surface area contributed by atoms with Crippen molar-refractivity contribution in [2.24, 2.45) is 20.8 Å². The number of amidine groups is 2. The van der Waals surface area contributed by atoms with Crippen molar-refractivity contribution < 1.29 is 14.0 Å². The maximum absolute atomic E-state index is 8.86. The SMILES string of the molecule is N#Cc1ccc(O[N+]23C=NC(c4ccco4)=NC2=CC(N)=N3)cc1. The lowest BCUT2D eigenvalue weighted by Gasteiger charge is -2.23. The first-order valence-corrected chi connectivity index (χ1v) is 7.03. The van der Waals surface area contributed by atoms with Gasteiger partial charge < -0.3 is 10.2 Å². The minimum absolute atomic E-state index is 0.273. The predicted molar refractivity (Wildman–Crippen MR) is 85.5 cm³/mol. The second-order valence-corrected chi connectivity index (χ2v) is 5.04. The van der Waals surface area contributed by atoms with E-state index >= 15 is 0 Å². The van der Waals surface area contributed by atoms with Crippen molar-refractivity contribution in [1.29, 1.82) is 5.26 Å². The van der Waals surface area contributed by atoms with Crippen LogP contribution < -0.4 is 10.6 Å². The number of fused-ring (bicyclic) bond motifs is 1. The summed E-state index contributed by atoms with van der Waals surface area (Å²) in [4.78, 5) is 14.6. The largest absolute Gasteiger partial charge is 0.461 e. The van der Waals surface area contributed by atoms with Crippen LogP contribution in [0.1, 0.15) is 11.3 Å². The van der Waals surface area contributed by atoms with Crippen molar-refractivity contribution >= 4 is 18.0 Å². The van der Waals surface area contributed by atoms with Gasteiger partial charge in [0.15, 0.2) is 17.3 Å². The number of furan rings is 1. The minimum atomic E-state index is -0.429. The smallest absolute Gasteiger partial charge is 0.310 e. The standard InChI is InChI=1S/C16H11N6O2/c17-9-11-3-5-12(6-4-11)24-22-10-19-16(13-2-1-7-23-13)20-15(22)8-14(18)21-22/h1-8,10H,(H2,18,21)/q+1. The van der Waals surface area contributed by atoms with Crippen LogP contribution in [0.15, 0.2) is 74.1 Å². The van der Waals surface area contributed by atoms with Crippen LogP contribution in [0.2, 0.25) is 0 Å². The van der Waals surface area contributed by atoms with E-state index in [1.807, 2.05) is 0 Å². The van der Waals surface area contributed by atoms with Crippen LogP contribution >= 0.6 is 0 Å². The van der Waals surface area contributed by atoms with Gasteiger partial charge in [-0.3, -0.25) is 4.84 Å². The molecule has 1 unspecified atom stereocenters. The Kier molecular flexibility index (Phi) is 3.01. The van der Waals surface area contributed by atoms with Gasteiger partial charge in [-0.1, -0.05) is 0 Å². The van der Waals surface area contributed by atoms with Crippen molar-refractivity contribution in [2.45, 2.75) is 0 Å². The third kappa shape index (κ3) is 2.25. The molecular formula is C16H11N6O2+. The van der Waals surface area contributed by atoms with Gasteiger partial charge in [-0.2, -0.15) is 15.2 Å². The van der Waals surface area contributed by atoms with Crippen molar-refractivity contribution in [3.63, 3.8) is 0 Å². The lowest BCUT2D eigenvalue weighted by molar-refractivity contribution is -0.973. The van der Waals surface area contributed by atoms with E-state index in [4.69, 9.17) is 20.3 Å². The zero-order valence-corrected chi connectivity index (χ0v) is 12.3. The van der Waals surface area contributed by atoms with E-state index in [9.17, 15) is 0 Å². The Morgan fingerprint density at radius 2 is 2.04 bits per heavy atom. The lowest BCUT2D eigenvalue weighted by atomic mass is 10.2. The molecule has 2 N–H and O–H groups in total. The number of quaternary nitrogens is 1. The quantitative estimate of drug-likeness (QED) is 0.871. The minimum Gasteiger partial charge on any atom is -0.461 e. The number of nitrogens with two attached hydrogens (primary N) is 1. The van der Waals surface area contributed by atoms with E-state index in [0.717, 1.165) is 0 Å². The summed E-state index contributed by atoms with van der Waals surface area (Å²) in [6, 6.07) is 12.2. The number of hydrogen-bond donors (Lipinski definition) is 1. The van der Waals surface area contributed by atoms with Crippen LogP contribution in [-0.4, -0.2) is 22.8 Å². The molecule has 2 aliphatic heterocycles. The van der Waals surface area contributed by atoms with Gasteiger partial charge in [-0.25, -0.2) is 0 Å². The van der Waals surface area contributed by atoms with Crippen LogP contribution in [0.3, 0.4) is 0 Å². The molecule has 24 heavy (non-hydrogen) atoms. The molecule has 4 rings (SSSR count). The predicted octanol–water partition coefficient (Wildman–Crippen LogP) is 1.88. The van der Waals surface area contributed by atoms with E-state index in [-0.39, 0.29) is 5.84 Å². The number of nitriles is 1. The van der Waals surface area contributed by atoms with Crippen LogP contribution in [-0.2, 0) is 0 Å². The average Bonchev–Trinajstić information content (AvgIpc) is 3.22. The van der Waals surface area contributed by atoms with Crippen LogP contribution in [0, 0.1) is 11.3 Å². The molecule has 8 nitrogen and oxygen atoms in total. The summed E-state index contributed by atoms with van der Waals surface area (Å²) in [6.45, 7) is 0. The number of hydrogen-bond acceptors (Lipinski definition) is 7. The fourth-order valence-electron chi connectivity index (χ4n) is 2.30. The van der Waals surface area contributed by atoms with Gasteiger partial charge in [-0.15, -0.1) is 0 Å². The summed E-state index contributed by atoms with van der Waals surface area (Å²) in [7, 11) is 0. The summed E-state index contributed by atoms with van der Waals surface area (Å²) < 4.78 is 4.88. The van der Waals surface area contributed by atoms with Gasteiger partial charge in [0.05, 0.1) is 28.7 Å². The number of nitrogens with zero attached hydrogens (tertiary/aromatic N) is 5. The van der Waals surface area contributed by atoms with Crippen molar-refractivity contribution in [1.82, 2.24) is 0 Å². The number of benzene rings is 1. The van der Waals surface area contributed by atoms with Crippen molar-refractivity contribution in [3.8, 4) is 11.8 Å². The molecule has 1 aromatic carbocycles. The second-order valence-electron chi connectivity index (χ2n) is 5.04. The topological polar surface area (TPSA) is 109 Å². The molecule has 0 radical (unpaired) electrons. The van der Waals surface area contributed by atoms with Crippen molar-refractivity contribution in [2.75, 3.05) is 0 Å². The number of rotatable bonds is 3. The number of aliphatic imine (C=N–C) groups is 2. The first-order chi connectivity index (χ1) is 11.7. The van der Waals surface area contributed by atoms with Gasteiger partial charge in [0, 0.05) is 0 Å². The second kappa shape index (κ2) is 5.19. The molecule has 0 bridgehead atoms. The Morgan fingerprint density at radius 3 is 2.75 bits per heavy atom. The first-order valence-electron chi connectivity index (χ1n) is 7.03. The summed E-state index contributed by atoms with van der Waals surface area (Å²) in [6.07, 6.45) is 4.64. The molecule has 0 spiro atoms. The molecule has 0 amide bonds. The molecule has 0 saturated carbocycles. The average molecular weight is 319 g/mol. The van der Waals surface area contributed by atoms with E-state index in [0.29, 0.717) is 28.7 Å². The molecule has 0 fully saturated rings. The highest BCUT2D eigenvalue weighted by atomic mass is 16.8. The fraction of sp³-hybridized carbons (Fsp3) is 0. The van der Waals surface area contributed by atoms with Crippen LogP contribution in [0.4, 0.5) is 0 Å². The third-order valence-electron chi connectivity index (χ3n) is 3.40. The molecular weight excluding hydrogens is 308 g/mol.